The zero-order valence-electron chi connectivity index (χ0n) is 11.4. The molecule has 1 aliphatic carbocycles. The molecule has 0 bridgehead atoms. The molecule has 1 saturated carbocycles. The molecule has 1 aliphatic heterocycles. The van der Waals surface area contributed by atoms with Crippen LogP contribution in [0.15, 0.2) is 5.16 Å². The molecule has 2 fully saturated rings. The van der Waals surface area contributed by atoms with Crippen molar-refractivity contribution in [1.82, 2.24) is 4.90 Å². The molecule has 1 atom stereocenters. The van der Waals surface area contributed by atoms with Gasteiger partial charge >= 0.3 is 0 Å². The third kappa shape index (κ3) is 3.91. The van der Waals surface area contributed by atoms with Crippen molar-refractivity contribution in [3.8, 4) is 0 Å². The summed E-state index contributed by atoms with van der Waals surface area (Å²) in [5, 5.41) is 11.9. The molecule has 1 amide bonds. The van der Waals surface area contributed by atoms with Crippen LogP contribution >= 0.6 is 0 Å². The first kappa shape index (κ1) is 14.3. The predicted molar refractivity (Wildman–Crippen MR) is 69.4 cm³/mol. The highest BCUT2D eigenvalue weighted by Crippen LogP contribution is 2.20. The van der Waals surface area contributed by atoms with Crippen molar-refractivity contribution in [2.45, 2.75) is 44.8 Å². The van der Waals surface area contributed by atoms with Gasteiger partial charge < -0.3 is 19.6 Å². The molecular weight excluding hydrogens is 248 g/mol. The summed E-state index contributed by atoms with van der Waals surface area (Å²) < 4.78 is 11.1. The average molecular weight is 270 g/mol. The second-order valence-corrected chi connectivity index (χ2v) is 5.08. The molecule has 1 saturated heterocycles. The predicted octanol–water partition coefficient (Wildman–Crippen LogP) is 1.02. The van der Waals surface area contributed by atoms with Crippen LogP contribution in [0.4, 0.5) is 0 Å². The SMILES string of the molecule is CC(OC1CCC(=NO)CC1)C(=O)N1CCOCC1. The number of oxime groups is 1. The number of nitrogens with zero attached hydrogens (tertiary/aromatic N) is 2. The van der Waals surface area contributed by atoms with E-state index < -0.39 is 6.10 Å². The topological polar surface area (TPSA) is 71.4 Å². The Hall–Kier alpha value is -1.14. The highest BCUT2D eigenvalue weighted by molar-refractivity contribution is 5.84. The lowest BCUT2D eigenvalue weighted by atomic mass is 9.95. The smallest absolute Gasteiger partial charge is 0.251 e. The van der Waals surface area contributed by atoms with Crippen LogP contribution < -0.4 is 0 Å². The van der Waals surface area contributed by atoms with Crippen LogP contribution in [0.5, 0.6) is 0 Å². The third-order valence-corrected chi connectivity index (χ3v) is 3.72. The largest absolute Gasteiger partial charge is 0.411 e. The van der Waals surface area contributed by atoms with E-state index in [1.807, 2.05) is 6.92 Å². The van der Waals surface area contributed by atoms with Crippen molar-refractivity contribution in [3.05, 3.63) is 0 Å². The summed E-state index contributed by atoms with van der Waals surface area (Å²) in [5.74, 6) is 0.0462. The van der Waals surface area contributed by atoms with E-state index in [-0.39, 0.29) is 12.0 Å². The van der Waals surface area contributed by atoms with Gasteiger partial charge in [-0.25, -0.2) is 0 Å². The monoisotopic (exact) mass is 270 g/mol. The quantitative estimate of drug-likeness (QED) is 0.614. The molecule has 0 radical (unpaired) electrons. The summed E-state index contributed by atoms with van der Waals surface area (Å²) in [5.41, 5.74) is 0.826. The maximum absolute atomic E-state index is 12.2. The van der Waals surface area contributed by atoms with Crippen LogP contribution in [0.1, 0.15) is 32.6 Å². The number of morpholine rings is 1. The van der Waals surface area contributed by atoms with E-state index in [2.05, 4.69) is 5.16 Å². The van der Waals surface area contributed by atoms with Crippen LogP contribution in [0.3, 0.4) is 0 Å². The molecule has 2 rings (SSSR count). The maximum atomic E-state index is 12.2. The van der Waals surface area contributed by atoms with Crippen LogP contribution in [0, 0.1) is 0 Å². The van der Waals surface area contributed by atoms with Crippen molar-refractivity contribution in [2.24, 2.45) is 5.16 Å². The number of carbonyl (C=O) groups excluding carboxylic acids is 1. The summed E-state index contributed by atoms with van der Waals surface area (Å²) >= 11 is 0. The Morgan fingerprint density at radius 1 is 1.42 bits per heavy atom. The van der Waals surface area contributed by atoms with E-state index in [4.69, 9.17) is 14.7 Å². The van der Waals surface area contributed by atoms with Gasteiger partial charge in [-0.2, -0.15) is 0 Å². The van der Waals surface area contributed by atoms with Gasteiger partial charge in [0.25, 0.3) is 5.91 Å². The van der Waals surface area contributed by atoms with Gasteiger partial charge in [0.15, 0.2) is 0 Å². The summed E-state index contributed by atoms with van der Waals surface area (Å²) in [6.07, 6.45) is 2.82. The molecule has 1 heterocycles. The van der Waals surface area contributed by atoms with Gasteiger partial charge in [-0.15, -0.1) is 0 Å². The molecule has 6 heteroatoms. The molecule has 0 aromatic rings. The third-order valence-electron chi connectivity index (χ3n) is 3.72. The van der Waals surface area contributed by atoms with Crippen LogP contribution in [-0.2, 0) is 14.3 Å². The number of amides is 1. The summed E-state index contributed by atoms with van der Waals surface area (Å²) in [6.45, 7) is 4.33. The molecule has 2 aliphatic rings. The summed E-state index contributed by atoms with van der Waals surface area (Å²) in [4.78, 5) is 14.0. The second kappa shape index (κ2) is 6.86. The van der Waals surface area contributed by atoms with Gasteiger partial charge in [-0.05, 0) is 32.6 Å². The van der Waals surface area contributed by atoms with Crippen molar-refractivity contribution in [2.75, 3.05) is 26.3 Å². The number of hydrogen-bond acceptors (Lipinski definition) is 5. The van der Waals surface area contributed by atoms with Gasteiger partial charge in [0.2, 0.25) is 0 Å². The minimum absolute atomic E-state index is 0.0462. The molecule has 0 spiro atoms. The molecule has 6 nitrogen and oxygen atoms in total. The first-order valence-corrected chi connectivity index (χ1v) is 6.92. The lowest BCUT2D eigenvalue weighted by molar-refractivity contribution is -0.150. The van der Waals surface area contributed by atoms with Crippen LogP contribution in [0.25, 0.3) is 0 Å². The Balaban J connectivity index is 1.77. The van der Waals surface area contributed by atoms with E-state index in [0.717, 1.165) is 31.4 Å². The van der Waals surface area contributed by atoms with Crippen molar-refractivity contribution in [1.29, 1.82) is 0 Å². The van der Waals surface area contributed by atoms with Crippen molar-refractivity contribution in [3.63, 3.8) is 0 Å². The molecule has 0 aromatic heterocycles. The summed E-state index contributed by atoms with van der Waals surface area (Å²) in [7, 11) is 0. The van der Waals surface area contributed by atoms with Crippen LogP contribution in [-0.4, -0.2) is 60.2 Å². The highest BCUT2D eigenvalue weighted by atomic mass is 16.5. The van der Waals surface area contributed by atoms with E-state index in [1.165, 1.54) is 0 Å². The number of ether oxygens (including phenoxy) is 2. The fourth-order valence-electron chi connectivity index (χ4n) is 2.55. The molecular formula is C13H22N2O4. The average Bonchev–Trinajstić information content (AvgIpc) is 2.48. The lowest BCUT2D eigenvalue weighted by Crippen LogP contribution is -2.46. The van der Waals surface area contributed by atoms with E-state index in [0.29, 0.717) is 26.3 Å². The van der Waals surface area contributed by atoms with E-state index in [9.17, 15) is 4.79 Å². The molecule has 19 heavy (non-hydrogen) atoms. The van der Waals surface area contributed by atoms with E-state index >= 15 is 0 Å². The lowest BCUT2D eigenvalue weighted by Gasteiger charge is -2.31. The van der Waals surface area contributed by atoms with Crippen molar-refractivity contribution >= 4 is 11.6 Å². The van der Waals surface area contributed by atoms with Gasteiger partial charge in [0.1, 0.15) is 6.10 Å². The summed E-state index contributed by atoms with van der Waals surface area (Å²) in [6, 6.07) is 0. The second-order valence-electron chi connectivity index (χ2n) is 5.08. The minimum atomic E-state index is -0.407. The Morgan fingerprint density at radius 2 is 2.05 bits per heavy atom. The number of carbonyl (C=O) groups is 1. The normalized spacial score (nSPS) is 26.1. The Bertz CT molecular complexity index is 330. The van der Waals surface area contributed by atoms with Gasteiger partial charge in [0, 0.05) is 13.1 Å². The first-order valence-electron chi connectivity index (χ1n) is 6.92. The maximum Gasteiger partial charge on any atom is 0.251 e. The Kier molecular flexibility index (Phi) is 5.15. The molecule has 0 aromatic carbocycles. The minimum Gasteiger partial charge on any atom is -0.411 e. The number of rotatable bonds is 3. The molecule has 1 unspecified atom stereocenters. The number of hydrogen-bond donors (Lipinski definition) is 1. The Labute approximate surface area is 113 Å². The van der Waals surface area contributed by atoms with Crippen LogP contribution in [0.2, 0.25) is 0 Å². The standard InChI is InChI=1S/C13H22N2O4/c1-10(13(16)15-6-8-18-9-7-15)19-12-4-2-11(14-17)3-5-12/h10,12,17H,2-9H2,1H3. The van der Waals surface area contributed by atoms with E-state index in [1.54, 1.807) is 4.90 Å². The fraction of sp³-hybridized carbons (Fsp3) is 0.846. The van der Waals surface area contributed by atoms with Gasteiger partial charge in [-0.1, -0.05) is 5.16 Å². The molecule has 108 valence electrons. The zero-order valence-corrected chi connectivity index (χ0v) is 11.4. The fourth-order valence-corrected chi connectivity index (χ4v) is 2.55. The Morgan fingerprint density at radius 3 is 2.63 bits per heavy atom. The first-order chi connectivity index (χ1) is 9.20. The van der Waals surface area contributed by atoms with Gasteiger partial charge in [-0.3, -0.25) is 4.79 Å². The highest BCUT2D eigenvalue weighted by Gasteiger charge is 2.27. The zero-order chi connectivity index (χ0) is 13.7. The van der Waals surface area contributed by atoms with Crippen molar-refractivity contribution < 1.29 is 19.5 Å². The van der Waals surface area contributed by atoms with Gasteiger partial charge in [0.05, 0.1) is 25.0 Å². The molecule has 1 N–H and O–H groups in total.